The quantitative estimate of drug-likeness (QED) is 0.849. The number of nitrogens with one attached hydrogen (secondary N) is 1. The topological polar surface area (TPSA) is 67.8 Å². The maximum absolute atomic E-state index is 12.0. The predicted molar refractivity (Wildman–Crippen MR) is 84.7 cm³/mol. The zero-order valence-electron chi connectivity index (χ0n) is 13.1. The smallest absolute Gasteiger partial charge is 0.307 e. The molecular weight excluding hydrogens is 294 g/mol. The summed E-state index contributed by atoms with van der Waals surface area (Å²) < 4.78 is 10.9. The average molecular weight is 313 g/mol. The molecule has 1 heterocycles. The average Bonchev–Trinajstić information content (AvgIpc) is 2.88. The number of fused-ring (bicyclic) bond motifs is 1. The number of hydrogen-bond donors (Lipinski definition) is 2. The zero-order chi connectivity index (χ0) is 16.4. The van der Waals surface area contributed by atoms with E-state index < -0.39 is 12.0 Å². The lowest BCUT2D eigenvalue weighted by atomic mass is 9.94. The molecule has 0 fully saturated rings. The lowest BCUT2D eigenvalue weighted by Gasteiger charge is -2.31. The van der Waals surface area contributed by atoms with Gasteiger partial charge < -0.3 is 14.6 Å². The number of ether oxygens (including phenoxy) is 2. The van der Waals surface area contributed by atoms with Gasteiger partial charge in [-0.2, -0.15) is 0 Å². The van der Waals surface area contributed by atoms with E-state index in [1.54, 1.807) is 26.2 Å². The fourth-order valence-corrected chi connectivity index (χ4v) is 2.85. The number of esters is 1. The van der Waals surface area contributed by atoms with Crippen molar-refractivity contribution in [1.29, 1.82) is 0 Å². The van der Waals surface area contributed by atoms with Gasteiger partial charge in [0.2, 0.25) is 5.72 Å². The Hall–Kier alpha value is -2.37. The summed E-state index contributed by atoms with van der Waals surface area (Å²) in [7, 11) is 1.59. The first-order chi connectivity index (χ1) is 11.1. The summed E-state index contributed by atoms with van der Waals surface area (Å²) in [6, 6.07) is 14.6. The van der Waals surface area contributed by atoms with Crippen LogP contribution in [0.3, 0.4) is 0 Å². The van der Waals surface area contributed by atoms with Gasteiger partial charge in [0, 0.05) is 23.1 Å². The van der Waals surface area contributed by atoms with Crippen LogP contribution in [0.1, 0.15) is 36.3 Å². The predicted octanol–water partition coefficient (Wildman–Crippen LogP) is 2.44. The maximum Gasteiger partial charge on any atom is 0.307 e. The standard InChI is InChI=1S/C18H19NO4/c1-3-16(20)23-18(12-8-10-13(22-2)11-9-12)15-7-5-4-6-14(15)17(21)19-18/h4-11,17,19,21H,3H2,1-2H3. The molecule has 2 atom stereocenters. The molecule has 0 amide bonds. The molecule has 23 heavy (non-hydrogen) atoms. The summed E-state index contributed by atoms with van der Waals surface area (Å²) in [4.78, 5) is 12.0. The van der Waals surface area contributed by atoms with E-state index >= 15 is 0 Å². The van der Waals surface area contributed by atoms with Crippen molar-refractivity contribution < 1.29 is 19.4 Å². The van der Waals surface area contributed by atoms with Gasteiger partial charge in [-0.1, -0.05) is 31.2 Å². The van der Waals surface area contributed by atoms with Gasteiger partial charge in [-0.3, -0.25) is 4.79 Å². The molecule has 5 nitrogen and oxygen atoms in total. The molecule has 120 valence electrons. The van der Waals surface area contributed by atoms with E-state index in [2.05, 4.69) is 5.32 Å². The van der Waals surface area contributed by atoms with Gasteiger partial charge in [-0.25, -0.2) is 5.32 Å². The lowest BCUT2D eigenvalue weighted by molar-refractivity contribution is -0.161. The molecule has 2 unspecified atom stereocenters. The minimum atomic E-state index is -1.20. The van der Waals surface area contributed by atoms with Crippen molar-refractivity contribution in [3.05, 3.63) is 65.2 Å². The van der Waals surface area contributed by atoms with Gasteiger partial charge in [-0.05, 0) is 24.3 Å². The number of benzene rings is 2. The van der Waals surface area contributed by atoms with E-state index in [0.717, 1.165) is 11.1 Å². The van der Waals surface area contributed by atoms with Gasteiger partial charge >= 0.3 is 5.97 Å². The molecule has 1 aliphatic rings. The van der Waals surface area contributed by atoms with E-state index in [-0.39, 0.29) is 12.4 Å². The highest BCUT2D eigenvalue weighted by Gasteiger charge is 2.47. The molecule has 0 radical (unpaired) electrons. The molecule has 3 rings (SSSR count). The monoisotopic (exact) mass is 313 g/mol. The van der Waals surface area contributed by atoms with Crippen LogP contribution in [0.2, 0.25) is 0 Å². The molecule has 0 saturated heterocycles. The van der Waals surface area contributed by atoms with Crippen LogP contribution in [0.25, 0.3) is 0 Å². The molecule has 0 aliphatic carbocycles. The minimum Gasteiger partial charge on any atom is -0.497 e. The van der Waals surface area contributed by atoms with E-state index in [4.69, 9.17) is 9.47 Å². The first-order valence-corrected chi connectivity index (χ1v) is 7.52. The second kappa shape index (κ2) is 6.02. The third-order valence-corrected chi connectivity index (χ3v) is 4.03. The van der Waals surface area contributed by atoms with Gasteiger partial charge in [0.25, 0.3) is 0 Å². The van der Waals surface area contributed by atoms with Crippen LogP contribution >= 0.6 is 0 Å². The molecular formula is C18H19NO4. The van der Waals surface area contributed by atoms with Gasteiger partial charge in [0.15, 0.2) is 0 Å². The Kier molecular flexibility index (Phi) is 4.07. The number of carbonyl (C=O) groups excluding carboxylic acids is 1. The number of aliphatic hydroxyl groups is 1. The van der Waals surface area contributed by atoms with Crippen molar-refractivity contribution >= 4 is 5.97 Å². The van der Waals surface area contributed by atoms with Crippen molar-refractivity contribution in [1.82, 2.24) is 5.32 Å². The van der Waals surface area contributed by atoms with Crippen LogP contribution < -0.4 is 10.1 Å². The lowest BCUT2D eigenvalue weighted by Crippen LogP contribution is -2.43. The minimum absolute atomic E-state index is 0.248. The van der Waals surface area contributed by atoms with Gasteiger partial charge in [-0.15, -0.1) is 0 Å². The van der Waals surface area contributed by atoms with Crippen molar-refractivity contribution in [2.24, 2.45) is 0 Å². The first kappa shape index (κ1) is 15.5. The Morgan fingerprint density at radius 2 is 1.91 bits per heavy atom. The number of methoxy groups -OCH3 is 1. The van der Waals surface area contributed by atoms with Crippen LogP contribution in [0.5, 0.6) is 5.75 Å². The highest BCUT2D eigenvalue weighted by Crippen LogP contribution is 2.42. The summed E-state index contributed by atoms with van der Waals surface area (Å²) >= 11 is 0. The molecule has 0 bridgehead atoms. The Morgan fingerprint density at radius 1 is 1.22 bits per heavy atom. The van der Waals surface area contributed by atoms with Crippen molar-refractivity contribution in [2.75, 3.05) is 7.11 Å². The van der Waals surface area contributed by atoms with E-state index in [0.29, 0.717) is 11.3 Å². The van der Waals surface area contributed by atoms with Crippen molar-refractivity contribution in [2.45, 2.75) is 25.3 Å². The fourth-order valence-electron chi connectivity index (χ4n) is 2.85. The van der Waals surface area contributed by atoms with Gasteiger partial charge in [0.1, 0.15) is 12.0 Å². The Morgan fingerprint density at radius 3 is 2.57 bits per heavy atom. The largest absolute Gasteiger partial charge is 0.497 e. The van der Waals surface area contributed by atoms with Crippen LogP contribution in [-0.2, 0) is 15.3 Å². The summed E-state index contributed by atoms with van der Waals surface area (Å²) in [5.74, 6) is 0.356. The highest BCUT2D eigenvalue weighted by molar-refractivity contribution is 5.70. The fraction of sp³-hybridized carbons (Fsp3) is 0.278. The zero-order valence-corrected chi connectivity index (χ0v) is 13.1. The molecule has 2 N–H and O–H groups in total. The number of carbonyl (C=O) groups is 1. The van der Waals surface area contributed by atoms with Crippen LogP contribution in [0, 0.1) is 0 Å². The van der Waals surface area contributed by atoms with E-state index in [9.17, 15) is 9.90 Å². The molecule has 1 aliphatic heterocycles. The number of rotatable bonds is 4. The Balaban J connectivity index is 2.14. The number of aliphatic hydroxyl groups excluding tert-OH is 1. The van der Waals surface area contributed by atoms with Crippen molar-refractivity contribution in [3.8, 4) is 5.75 Å². The molecule has 0 aromatic heterocycles. The summed E-state index contributed by atoms with van der Waals surface area (Å²) in [6.45, 7) is 1.74. The third kappa shape index (κ3) is 2.58. The SMILES string of the molecule is CCC(=O)OC1(c2ccc(OC)cc2)NC(O)c2ccccc21. The second-order valence-electron chi connectivity index (χ2n) is 5.37. The summed E-state index contributed by atoms with van der Waals surface area (Å²) in [5.41, 5.74) is 0.964. The maximum atomic E-state index is 12.0. The molecule has 2 aromatic carbocycles. The Bertz CT molecular complexity index is 713. The summed E-state index contributed by atoms with van der Waals surface area (Å²) in [5, 5.41) is 13.4. The normalized spacial score (nSPS) is 22.5. The highest BCUT2D eigenvalue weighted by atomic mass is 16.6. The molecule has 0 saturated carbocycles. The van der Waals surface area contributed by atoms with Crippen LogP contribution in [0.4, 0.5) is 0 Å². The Labute approximate surface area is 134 Å². The number of hydrogen-bond acceptors (Lipinski definition) is 5. The van der Waals surface area contributed by atoms with Gasteiger partial charge in [0.05, 0.1) is 7.11 Å². The van der Waals surface area contributed by atoms with E-state index in [1.807, 2.05) is 36.4 Å². The van der Waals surface area contributed by atoms with Crippen LogP contribution in [-0.4, -0.2) is 18.2 Å². The molecule has 0 spiro atoms. The summed E-state index contributed by atoms with van der Waals surface area (Å²) in [6.07, 6.45) is -0.657. The third-order valence-electron chi connectivity index (χ3n) is 4.03. The van der Waals surface area contributed by atoms with E-state index in [1.165, 1.54) is 0 Å². The molecule has 2 aromatic rings. The first-order valence-electron chi connectivity index (χ1n) is 7.52. The van der Waals surface area contributed by atoms with Crippen molar-refractivity contribution in [3.63, 3.8) is 0 Å². The second-order valence-corrected chi connectivity index (χ2v) is 5.37. The molecule has 5 heteroatoms. The van der Waals surface area contributed by atoms with Crippen LogP contribution in [0.15, 0.2) is 48.5 Å².